The van der Waals surface area contributed by atoms with Gasteiger partial charge in [-0.3, -0.25) is 0 Å². The molecule has 0 bridgehead atoms. The first kappa shape index (κ1) is 16.8. The number of aryl methyl sites for hydroxylation is 1. The van der Waals surface area contributed by atoms with Crippen molar-refractivity contribution in [3.05, 3.63) is 42.2 Å². The van der Waals surface area contributed by atoms with Gasteiger partial charge in [0.25, 0.3) is 0 Å². The summed E-state index contributed by atoms with van der Waals surface area (Å²) in [6, 6.07) is 8.01. The van der Waals surface area contributed by atoms with Crippen molar-refractivity contribution >= 4 is 0 Å². The van der Waals surface area contributed by atoms with E-state index in [-0.39, 0.29) is 0 Å². The van der Waals surface area contributed by atoms with Gasteiger partial charge in [0.05, 0.1) is 0 Å². The summed E-state index contributed by atoms with van der Waals surface area (Å²) < 4.78 is 7.65. The highest BCUT2D eigenvalue weighted by Crippen LogP contribution is 2.21. The average Bonchev–Trinajstić information content (AvgIpc) is 3.22. The Morgan fingerprint density at radius 1 is 1.33 bits per heavy atom. The van der Waals surface area contributed by atoms with Crippen LogP contribution in [0.3, 0.4) is 0 Å². The van der Waals surface area contributed by atoms with Crippen LogP contribution >= 0.6 is 0 Å². The summed E-state index contributed by atoms with van der Waals surface area (Å²) in [4.78, 5) is 4.50. The fourth-order valence-electron chi connectivity index (χ4n) is 2.81. The molecule has 126 valence electrons. The molecule has 0 spiro atoms. The van der Waals surface area contributed by atoms with Crippen LogP contribution in [0.25, 0.3) is 11.4 Å². The third-order valence-corrected chi connectivity index (χ3v) is 4.17. The van der Waals surface area contributed by atoms with Gasteiger partial charge in [-0.1, -0.05) is 24.0 Å². The Bertz CT molecular complexity index is 723. The molecule has 1 aliphatic rings. The Morgan fingerprint density at radius 3 is 2.79 bits per heavy atom. The highest BCUT2D eigenvalue weighted by molar-refractivity contribution is 5.57. The van der Waals surface area contributed by atoms with Crippen molar-refractivity contribution in [2.24, 2.45) is 5.92 Å². The maximum Gasteiger partial charge on any atom is 0.139 e. The largest absolute Gasteiger partial charge is 0.381 e. The van der Waals surface area contributed by atoms with Crippen LogP contribution in [0.5, 0.6) is 0 Å². The van der Waals surface area contributed by atoms with E-state index in [0.717, 1.165) is 43.1 Å². The first-order chi connectivity index (χ1) is 11.5. The number of hydrogen-bond donors (Lipinski definition) is 1. The van der Waals surface area contributed by atoms with Gasteiger partial charge < -0.3 is 14.4 Å². The predicted octanol–water partition coefficient (Wildman–Crippen LogP) is 3.10. The molecule has 1 aromatic heterocycles. The van der Waals surface area contributed by atoms with Crippen LogP contribution in [-0.4, -0.2) is 33.5 Å². The maximum atomic E-state index is 9.67. The summed E-state index contributed by atoms with van der Waals surface area (Å²) in [7, 11) is 0. The standard InChI is InChI=1S/C20H24N2O2/c1-20(2,23)10-7-16-3-5-18(6-4-16)19-21-11-13-22(19)12-8-17-9-14-24-15-17/h3-6,11,13,17,23H,8-9,12,14-15H2,1-2H3/t17-/m0/s1. The van der Waals surface area contributed by atoms with Crippen LogP contribution in [0.15, 0.2) is 36.7 Å². The molecule has 1 saturated heterocycles. The van der Waals surface area contributed by atoms with E-state index in [4.69, 9.17) is 4.74 Å². The summed E-state index contributed by atoms with van der Waals surface area (Å²) in [6.07, 6.45) is 6.17. The highest BCUT2D eigenvalue weighted by Gasteiger charge is 2.16. The smallest absolute Gasteiger partial charge is 0.139 e. The number of hydrogen-bond acceptors (Lipinski definition) is 3. The zero-order valence-corrected chi connectivity index (χ0v) is 14.3. The molecule has 0 radical (unpaired) electrons. The maximum absolute atomic E-state index is 9.67. The molecular weight excluding hydrogens is 300 g/mol. The van der Waals surface area contributed by atoms with E-state index in [2.05, 4.69) is 21.4 Å². The molecular formula is C20H24N2O2. The Kier molecular flexibility index (Phi) is 5.03. The number of imidazole rings is 1. The molecule has 0 aliphatic carbocycles. The van der Waals surface area contributed by atoms with Crippen LogP contribution in [0.4, 0.5) is 0 Å². The Labute approximate surface area is 143 Å². The van der Waals surface area contributed by atoms with Crippen LogP contribution in [0.2, 0.25) is 0 Å². The van der Waals surface area contributed by atoms with Gasteiger partial charge in [-0.15, -0.1) is 0 Å². The Hall–Kier alpha value is -2.09. The van der Waals surface area contributed by atoms with E-state index < -0.39 is 5.60 Å². The second kappa shape index (κ2) is 7.21. The van der Waals surface area contributed by atoms with Gasteiger partial charge in [0.1, 0.15) is 11.4 Å². The lowest BCUT2D eigenvalue weighted by Crippen LogP contribution is -2.14. The second-order valence-electron chi connectivity index (χ2n) is 6.85. The van der Waals surface area contributed by atoms with Gasteiger partial charge in [0.15, 0.2) is 0 Å². The molecule has 0 amide bonds. The Morgan fingerprint density at radius 2 is 2.12 bits per heavy atom. The van der Waals surface area contributed by atoms with Crippen LogP contribution in [0.1, 0.15) is 32.3 Å². The van der Waals surface area contributed by atoms with Crippen molar-refractivity contribution in [1.29, 1.82) is 0 Å². The van der Waals surface area contributed by atoms with Crippen LogP contribution < -0.4 is 0 Å². The van der Waals surface area contributed by atoms with Crippen molar-refractivity contribution in [3.63, 3.8) is 0 Å². The van der Waals surface area contributed by atoms with Crippen molar-refractivity contribution in [2.45, 2.75) is 38.8 Å². The number of rotatable bonds is 4. The van der Waals surface area contributed by atoms with E-state index in [1.807, 2.05) is 36.7 Å². The molecule has 1 aliphatic heterocycles. The molecule has 4 nitrogen and oxygen atoms in total. The van der Waals surface area contributed by atoms with Crippen molar-refractivity contribution in [3.8, 4) is 23.2 Å². The van der Waals surface area contributed by atoms with Crippen molar-refractivity contribution in [2.75, 3.05) is 13.2 Å². The van der Waals surface area contributed by atoms with Crippen LogP contribution in [-0.2, 0) is 11.3 Å². The molecule has 0 unspecified atom stereocenters. The quantitative estimate of drug-likeness (QED) is 0.879. The molecule has 0 saturated carbocycles. The van der Waals surface area contributed by atoms with E-state index in [9.17, 15) is 5.11 Å². The van der Waals surface area contributed by atoms with Gasteiger partial charge in [0, 0.05) is 43.3 Å². The fourth-order valence-corrected chi connectivity index (χ4v) is 2.81. The first-order valence-corrected chi connectivity index (χ1v) is 8.46. The minimum atomic E-state index is -0.973. The fraction of sp³-hybridized carbons (Fsp3) is 0.450. The molecule has 3 rings (SSSR count). The monoisotopic (exact) mass is 324 g/mol. The van der Waals surface area contributed by atoms with E-state index in [1.165, 1.54) is 6.42 Å². The lowest BCUT2D eigenvalue weighted by Gasteiger charge is -2.11. The van der Waals surface area contributed by atoms with Gasteiger partial charge in [-0.25, -0.2) is 4.98 Å². The van der Waals surface area contributed by atoms with E-state index >= 15 is 0 Å². The van der Waals surface area contributed by atoms with E-state index in [1.54, 1.807) is 13.8 Å². The molecule has 2 heterocycles. The Balaban J connectivity index is 1.70. The molecule has 24 heavy (non-hydrogen) atoms. The number of aromatic nitrogens is 2. The summed E-state index contributed by atoms with van der Waals surface area (Å²) in [5.74, 6) is 7.47. The SMILES string of the molecule is CC(C)(O)C#Cc1ccc(-c2nccn2CC[C@H]2CCOC2)cc1. The summed E-state index contributed by atoms with van der Waals surface area (Å²) in [6.45, 7) is 6.11. The van der Waals surface area contributed by atoms with Gasteiger partial charge in [-0.05, 0) is 44.7 Å². The number of benzene rings is 1. The molecule has 2 aromatic rings. The normalized spacial score (nSPS) is 17.5. The topological polar surface area (TPSA) is 47.3 Å². The summed E-state index contributed by atoms with van der Waals surface area (Å²) in [5, 5.41) is 9.67. The predicted molar refractivity (Wildman–Crippen MR) is 94.4 cm³/mol. The minimum absolute atomic E-state index is 0.666. The van der Waals surface area contributed by atoms with Crippen LogP contribution in [0, 0.1) is 17.8 Å². The molecule has 1 aromatic carbocycles. The zero-order valence-electron chi connectivity index (χ0n) is 14.3. The van der Waals surface area contributed by atoms with Gasteiger partial charge in [0.2, 0.25) is 0 Å². The van der Waals surface area contributed by atoms with Gasteiger partial charge >= 0.3 is 0 Å². The zero-order chi connectivity index (χ0) is 17.0. The number of nitrogens with zero attached hydrogens (tertiary/aromatic N) is 2. The second-order valence-corrected chi connectivity index (χ2v) is 6.85. The molecule has 1 fully saturated rings. The van der Waals surface area contributed by atoms with Gasteiger partial charge in [-0.2, -0.15) is 0 Å². The lowest BCUT2D eigenvalue weighted by atomic mass is 10.1. The number of ether oxygens (including phenoxy) is 1. The van der Waals surface area contributed by atoms with Crippen molar-refractivity contribution in [1.82, 2.24) is 9.55 Å². The first-order valence-electron chi connectivity index (χ1n) is 8.46. The summed E-state index contributed by atoms with van der Waals surface area (Å²) in [5.41, 5.74) is 0.998. The average molecular weight is 324 g/mol. The molecule has 1 N–H and O–H groups in total. The van der Waals surface area contributed by atoms with E-state index in [0.29, 0.717) is 5.92 Å². The number of aliphatic hydroxyl groups is 1. The lowest BCUT2D eigenvalue weighted by molar-refractivity contribution is 0.143. The minimum Gasteiger partial charge on any atom is -0.381 e. The summed E-state index contributed by atoms with van der Waals surface area (Å²) >= 11 is 0. The molecule has 1 atom stereocenters. The highest BCUT2D eigenvalue weighted by atomic mass is 16.5. The van der Waals surface area contributed by atoms with Crippen molar-refractivity contribution < 1.29 is 9.84 Å². The third kappa shape index (κ3) is 4.47. The third-order valence-electron chi connectivity index (χ3n) is 4.17. The molecule has 4 heteroatoms.